The number of rotatable bonds is 7. The lowest BCUT2D eigenvalue weighted by Crippen LogP contribution is -2.23. The van der Waals surface area contributed by atoms with Crippen molar-refractivity contribution in [3.05, 3.63) is 59.8 Å². The van der Waals surface area contributed by atoms with E-state index in [1.165, 1.54) is 0 Å². The lowest BCUT2D eigenvalue weighted by atomic mass is 10.2. The van der Waals surface area contributed by atoms with Gasteiger partial charge in [0, 0.05) is 0 Å². The first kappa shape index (κ1) is 16.8. The Labute approximate surface area is 145 Å². The molecule has 3 aromatic rings. The first-order valence-electron chi connectivity index (χ1n) is 8.15. The van der Waals surface area contributed by atoms with Crippen LogP contribution in [0.1, 0.15) is 35.3 Å². The van der Waals surface area contributed by atoms with Gasteiger partial charge in [-0.05, 0) is 49.7 Å². The van der Waals surface area contributed by atoms with Gasteiger partial charge >= 0.3 is 0 Å². The molecule has 0 bridgehead atoms. The number of nitrogens with one attached hydrogen (secondary N) is 1. The van der Waals surface area contributed by atoms with E-state index < -0.39 is 0 Å². The Morgan fingerprint density at radius 3 is 2.76 bits per heavy atom. The highest BCUT2D eigenvalue weighted by Crippen LogP contribution is 2.17. The Balaban J connectivity index is 1.70. The molecule has 130 valence electrons. The van der Waals surface area contributed by atoms with Gasteiger partial charge in [-0.25, -0.2) is 4.68 Å². The fourth-order valence-corrected chi connectivity index (χ4v) is 2.35. The molecule has 1 amide bonds. The molecule has 0 aliphatic rings. The van der Waals surface area contributed by atoms with Crippen LogP contribution >= 0.6 is 0 Å². The Bertz CT molecular complexity index is 823. The molecule has 2 aromatic heterocycles. The zero-order valence-corrected chi connectivity index (χ0v) is 14.2. The van der Waals surface area contributed by atoms with E-state index in [1.807, 2.05) is 31.2 Å². The minimum absolute atomic E-state index is 0.289. The van der Waals surface area contributed by atoms with Crippen LogP contribution in [0.2, 0.25) is 0 Å². The molecule has 0 fully saturated rings. The molecule has 0 atom stereocenters. The third kappa shape index (κ3) is 3.88. The van der Waals surface area contributed by atoms with E-state index in [9.17, 15) is 4.79 Å². The van der Waals surface area contributed by atoms with Gasteiger partial charge in [0.15, 0.2) is 5.69 Å². The van der Waals surface area contributed by atoms with Crippen LogP contribution in [-0.2, 0) is 6.54 Å². The van der Waals surface area contributed by atoms with Gasteiger partial charge in [-0.3, -0.25) is 4.79 Å². The van der Waals surface area contributed by atoms with Crippen molar-refractivity contribution in [1.29, 1.82) is 0 Å². The van der Waals surface area contributed by atoms with Crippen molar-refractivity contribution in [3.63, 3.8) is 0 Å². The minimum Gasteiger partial charge on any atom is -0.494 e. The molecule has 0 spiro atoms. The van der Waals surface area contributed by atoms with Crippen LogP contribution in [-0.4, -0.2) is 27.5 Å². The number of ether oxygens (including phenoxy) is 1. The molecule has 0 aliphatic heterocycles. The lowest BCUT2D eigenvalue weighted by molar-refractivity contribution is 0.0942. The number of hydrogen-bond acceptors (Lipinski definition) is 5. The largest absolute Gasteiger partial charge is 0.494 e. The first-order valence-corrected chi connectivity index (χ1v) is 8.15. The summed E-state index contributed by atoms with van der Waals surface area (Å²) in [5, 5.41) is 10.9. The second-order valence-corrected chi connectivity index (χ2v) is 5.54. The summed E-state index contributed by atoms with van der Waals surface area (Å²) in [7, 11) is 0. The maximum Gasteiger partial charge on any atom is 0.274 e. The first-order chi connectivity index (χ1) is 12.2. The predicted molar refractivity (Wildman–Crippen MR) is 91.8 cm³/mol. The zero-order valence-electron chi connectivity index (χ0n) is 14.2. The molecular formula is C18H20N4O3. The molecule has 0 aliphatic carbocycles. The van der Waals surface area contributed by atoms with Crippen LogP contribution in [0.5, 0.6) is 5.75 Å². The summed E-state index contributed by atoms with van der Waals surface area (Å²) < 4.78 is 12.4. The van der Waals surface area contributed by atoms with E-state index in [0.29, 0.717) is 24.6 Å². The van der Waals surface area contributed by atoms with Crippen LogP contribution in [0, 0.1) is 6.92 Å². The summed E-state index contributed by atoms with van der Waals surface area (Å²) in [6, 6.07) is 11.1. The Morgan fingerprint density at radius 2 is 2.08 bits per heavy atom. The van der Waals surface area contributed by atoms with E-state index >= 15 is 0 Å². The summed E-state index contributed by atoms with van der Waals surface area (Å²) in [5.41, 5.74) is 1.77. The van der Waals surface area contributed by atoms with E-state index in [1.54, 1.807) is 23.1 Å². The van der Waals surface area contributed by atoms with Gasteiger partial charge in [0.1, 0.15) is 11.5 Å². The minimum atomic E-state index is -0.289. The maximum absolute atomic E-state index is 12.3. The number of nitrogens with zero attached hydrogens (tertiary/aromatic N) is 3. The average molecular weight is 340 g/mol. The molecule has 1 aromatic carbocycles. The molecule has 7 heteroatoms. The summed E-state index contributed by atoms with van der Waals surface area (Å²) in [6.45, 7) is 4.86. The lowest BCUT2D eigenvalue weighted by Gasteiger charge is -2.07. The fourth-order valence-electron chi connectivity index (χ4n) is 2.35. The number of benzene rings is 1. The maximum atomic E-state index is 12.3. The Morgan fingerprint density at radius 1 is 1.28 bits per heavy atom. The predicted octanol–water partition coefficient (Wildman–Crippen LogP) is 2.89. The van der Waals surface area contributed by atoms with Crippen molar-refractivity contribution >= 4 is 5.91 Å². The fraction of sp³-hybridized carbons (Fsp3) is 0.278. The summed E-state index contributed by atoms with van der Waals surface area (Å²) >= 11 is 0. The van der Waals surface area contributed by atoms with Crippen LogP contribution in [0.3, 0.4) is 0 Å². The Hall–Kier alpha value is -3.09. The molecule has 7 nitrogen and oxygen atoms in total. The topological polar surface area (TPSA) is 82.2 Å². The SMILES string of the molecule is CCCOc1ccc(-n2nnc(C(=O)NCc3ccco3)c2C)cc1. The van der Waals surface area contributed by atoms with Crippen molar-refractivity contribution in [2.75, 3.05) is 6.61 Å². The van der Waals surface area contributed by atoms with Gasteiger partial charge in [0.2, 0.25) is 0 Å². The standard InChI is InChI=1S/C18H20N4O3/c1-3-10-24-15-8-6-14(7-9-15)22-13(2)17(20-21-22)18(23)19-12-16-5-4-11-25-16/h4-9,11H,3,10,12H2,1-2H3,(H,19,23). The van der Waals surface area contributed by atoms with Gasteiger partial charge in [0.05, 0.1) is 30.8 Å². The smallest absolute Gasteiger partial charge is 0.274 e. The monoisotopic (exact) mass is 340 g/mol. The van der Waals surface area contributed by atoms with Crippen molar-refractivity contribution in [1.82, 2.24) is 20.3 Å². The molecule has 3 rings (SSSR count). The van der Waals surface area contributed by atoms with Crippen molar-refractivity contribution in [2.45, 2.75) is 26.8 Å². The molecule has 0 radical (unpaired) electrons. The van der Waals surface area contributed by atoms with Gasteiger partial charge in [-0.1, -0.05) is 12.1 Å². The van der Waals surface area contributed by atoms with Crippen LogP contribution in [0.4, 0.5) is 0 Å². The zero-order chi connectivity index (χ0) is 17.6. The van der Waals surface area contributed by atoms with E-state index in [0.717, 1.165) is 17.9 Å². The Kier molecular flexibility index (Phi) is 5.13. The van der Waals surface area contributed by atoms with Crippen LogP contribution in [0.15, 0.2) is 47.1 Å². The second-order valence-electron chi connectivity index (χ2n) is 5.54. The van der Waals surface area contributed by atoms with Gasteiger partial charge in [-0.15, -0.1) is 5.10 Å². The normalized spacial score (nSPS) is 10.6. The number of carbonyl (C=O) groups excluding carboxylic acids is 1. The summed E-state index contributed by atoms with van der Waals surface area (Å²) in [6.07, 6.45) is 2.53. The number of furan rings is 1. The van der Waals surface area contributed by atoms with Gasteiger partial charge in [0.25, 0.3) is 5.91 Å². The van der Waals surface area contributed by atoms with Crippen molar-refractivity contribution in [2.24, 2.45) is 0 Å². The molecule has 1 N–H and O–H groups in total. The van der Waals surface area contributed by atoms with Crippen molar-refractivity contribution in [3.8, 4) is 11.4 Å². The number of amides is 1. The number of hydrogen-bond donors (Lipinski definition) is 1. The highest BCUT2D eigenvalue weighted by Gasteiger charge is 2.17. The molecule has 2 heterocycles. The average Bonchev–Trinajstić information content (AvgIpc) is 3.28. The quantitative estimate of drug-likeness (QED) is 0.715. The molecule has 0 unspecified atom stereocenters. The molecule has 25 heavy (non-hydrogen) atoms. The van der Waals surface area contributed by atoms with E-state index in [4.69, 9.17) is 9.15 Å². The van der Waals surface area contributed by atoms with E-state index in [-0.39, 0.29) is 11.6 Å². The van der Waals surface area contributed by atoms with Gasteiger partial charge in [-0.2, -0.15) is 0 Å². The summed E-state index contributed by atoms with van der Waals surface area (Å²) in [4.78, 5) is 12.3. The highest BCUT2D eigenvalue weighted by atomic mass is 16.5. The third-order valence-corrected chi connectivity index (χ3v) is 3.67. The van der Waals surface area contributed by atoms with Crippen molar-refractivity contribution < 1.29 is 13.9 Å². The molecule has 0 saturated heterocycles. The van der Waals surface area contributed by atoms with E-state index in [2.05, 4.69) is 22.6 Å². The highest BCUT2D eigenvalue weighted by molar-refractivity contribution is 5.93. The molecule has 0 saturated carbocycles. The second kappa shape index (κ2) is 7.65. The molecular weight excluding hydrogens is 320 g/mol. The number of aromatic nitrogens is 3. The van der Waals surface area contributed by atoms with Crippen LogP contribution < -0.4 is 10.1 Å². The van der Waals surface area contributed by atoms with Crippen LogP contribution in [0.25, 0.3) is 5.69 Å². The summed E-state index contributed by atoms with van der Waals surface area (Å²) in [5.74, 6) is 1.20. The number of carbonyl (C=O) groups is 1. The third-order valence-electron chi connectivity index (χ3n) is 3.67. The van der Waals surface area contributed by atoms with Gasteiger partial charge < -0.3 is 14.5 Å².